The summed E-state index contributed by atoms with van der Waals surface area (Å²) >= 11 is 0. The monoisotopic (exact) mass is 973 g/mol. The molecule has 0 fully saturated rings. The number of rotatable bonds is 6. The minimum Gasteiger partial charge on any atom is -0.309 e. The van der Waals surface area contributed by atoms with Gasteiger partial charge in [-0.2, -0.15) is 52.7 Å². The zero-order valence-electron chi connectivity index (χ0n) is 38.1. The minimum absolute atomic E-state index is 0.0162. The van der Waals surface area contributed by atoms with E-state index in [4.69, 9.17) is 0 Å². The first-order valence-corrected chi connectivity index (χ1v) is 22.7. The van der Waals surface area contributed by atoms with Crippen molar-refractivity contribution in [2.45, 2.75) is 12.4 Å². The van der Waals surface area contributed by atoms with Gasteiger partial charge in [-0.3, -0.25) is 0 Å². The molecule has 9 aromatic carbocycles. The molecule has 0 atom stereocenters. The number of para-hydroxylation sites is 2. The lowest BCUT2D eigenvalue weighted by Gasteiger charge is -2.21. The number of nitriles is 5. The quantitative estimate of drug-likeness (QED) is 0.153. The first-order chi connectivity index (χ1) is 35.7. The molecule has 0 amide bonds. The van der Waals surface area contributed by atoms with E-state index in [0.29, 0.717) is 95.6 Å². The second-order valence-corrected chi connectivity index (χ2v) is 17.5. The maximum atomic E-state index is 14.6. The Morgan fingerprint density at radius 1 is 0.324 bits per heavy atom. The number of halogens is 6. The Labute approximate surface area is 417 Å². The zero-order chi connectivity index (χ0) is 51.6. The highest BCUT2D eigenvalue weighted by Crippen LogP contribution is 2.46. The van der Waals surface area contributed by atoms with Crippen LogP contribution < -0.4 is 0 Å². The van der Waals surface area contributed by atoms with Crippen molar-refractivity contribution in [2.75, 3.05) is 0 Å². The SMILES string of the molecule is N#Cc1ccc(-c2ccc3c(c2)c2ccccc2n3-c2ccc(-c3cc(C(F)(F)F)cc(C(F)(F)F)c3)c(-c3cc(C#N)ccc3-n3c4ccccc4c4cc(-c5ccc(C#N)cc5C#N)ccc43)c2)c(C#N)c1. The van der Waals surface area contributed by atoms with Crippen LogP contribution in [0.15, 0.2) is 176 Å². The van der Waals surface area contributed by atoms with Gasteiger partial charge in [-0.25, -0.2) is 0 Å². The molecule has 2 heterocycles. The Hall–Kier alpha value is -10.4. The van der Waals surface area contributed by atoms with E-state index in [2.05, 4.69) is 30.3 Å². The highest BCUT2D eigenvalue weighted by molar-refractivity contribution is 6.12. The number of fused-ring (bicyclic) bond motifs is 6. The van der Waals surface area contributed by atoms with Crippen molar-refractivity contribution in [1.82, 2.24) is 9.13 Å². The van der Waals surface area contributed by atoms with Crippen molar-refractivity contribution < 1.29 is 26.3 Å². The van der Waals surface area contributed by atoms with Crippen LogP contribution in [0, 0.1) is 56.7 Å². The fourth-order valence-electron chi connectivity index (χ4n) is 10.0. The van der Waals surface area contributed by atoms with Crippen LogP contribution in [0.5, 0.6) is 0 Å². The second kappa shape index (κ2) is 17.5. The van der Waals surface area contributed by atoms with Crippen LogP contribution in [0.3, 0.4) is 0 Å². The fourth-order valence-corrected chi connectivity index (χ4v) is 10.0. The number of alkyl halides is 6. The molecule has 7 nitrogen and oxygen atoms in total. The predicted octanol–water partition coefficient (Wildman–Crippen LogP) is 15.9. The van der Waals surface area contributed by atoms with E-state index in [-0.39, 0.29) is 28.3 Å². The highest BCUT2D eigenvalue weighted by Gasteiger charge is 2.37. The highest BCUT2D eigenvalue weighted by atomic mass is 19.4. The Morgan fingerprint density at radius 2 is 0.784 bits per heavy atom. The topological polar surface area (TPSA) is 129 Å². The third-order valence-corrected chi connectivity index (χ3v) is 13.3. The van der Waals surface area contributed by atoms with Crippen LogP contribution in [0.25, 0.3) is 99.5 Å². The number of hydrogen-bond donors (Lipinski definition) is 0. The second-order valence-electron chi connectivity index (χ2n) is 17.5. The maximum absolute atomic E-state index is 14.6. The van der Waals surface area contributed by atoms with Gasteiger partial charge in [-0.1, -0.05) is 66.7 Å². The molecule has 2 aromatic heterocycles. The van der Waals surface area contributed by atoms with Crippen molar-refractivity contribution in [3.63, 3.8) is 0 Å². The average Bonchev–Trinajstić information content (AvgIpc) is 3.93. The van der Waals surface area contributed by atoms with E-state index in [9.17, 15) is 52.7 Å². The van der Waals surface area contributed by atoms with Crippen molar-refractivity contribution in [1.29, 1.82) is 26.3 Å². The van der Waals surface area contributed by atoms with Gasteiger partial charge in [-0.15, -0.1) is 0 Å². The molecule has 0 aliphatic rings. The molecule has 0 saturated heterocycles. The van der Waals surface area contributed by atoms with Gasteiger partial charge >= 0.3 is 12.4 Å². The number of hydrogen-bond acceptors (Lipinski definition) is 5. The summed E-state index contributed by atoms with van der Waals surface area (Å²) in [5.74, 6) is 0. The van der Waals surface area contributed by atoms with Crippen LogP contribution in [0.1, 0.15) is 38.9 Å². The third-order valence-electron chi connectivity index (χ3n) is 13.3. The molecule has 11 rings (SSSR count). The lowest BCUT2D eigenvalue weighted by molar-refractivity contribution is -0.143. The fraction of sp³-hybridized carbons (Fsp3) is 0.0328. The first kappa shape index (κ1) is 46.0. The van der Waals surface area contributed by atoms with E-state index in [1.807, 2.05) is 94.1 Å². The Morgan fingerprint density at radius 3 is 1.30 bits per heavy atom. The van der Waals surface area contributed by atoms with Crippen LogP contribution in [-0.2, 0) is 12.4 Å². The molecular weight excluding hydrogens is 945 g/mol. The molecule has 0 bridgehead atoms. The predicted molar refractivity (Wildman–Crippen MR) is 270 cm³/mol. The lowest BCUT2D eigenvalue weighted by Crippen LogP contribution is -2.11. The average molecular weight is 974 g/mol. The summed E-state index contributed by atoms with van der Waals surface area (Å²) in [4.78, 5) is 0. The van der Waals surface area contributed by atoms with Gasteiger partial charge in [0.1, 0.15) is 0 Å². The first-order valence-electron chi connectivity index (χ1n) is 22.7. The van der Waals surface area contributed by atoms with Crippen molar-refractivity contribution >= 4 is 43.6 Å². The Bertz CT molecular complexity index is 4390. The van der Waals surface area contributed by atoms with Crippen LogP contribution in [0.2, 0.25) is 0 Å². The summed E-state index contributed by atoms with van der Waals surface area (Å²) in [6, 6.07) is 57.8. The van der Waals surface area contributed by atoms with E-state index < -0.39 is 23.5 Å². The van der Waals surface area contributed by atoms with E-state index in [1.54, 1.807) is 54.6 Å². The molecule has 0 saturated carbocycles. The van der Waals surface area contributed by atoms with Crippen LogP contribution in [0.4, 0.5) is 26.3 Å². The molecule has 11 aromatic rings. The van der Waals surface area contributed by atoms with Gasteiger partial charge < -0.3 is 9.13 Å². The van der Waals surface area contributed by atoms with Crippen molar-refractivity contribution in [3.8, 4) is 86.2 Å². The molecule has 0 spiro atoms. The molecular formula is C61H29F6N7. The molecule has 0 aliphatic carbocycles. The van der Waals surface area contributed by atoms with Crippen LogP contribution >= 0.6 is 0 Å². The maximum Gasteiger partial charge on any atom is 0.416 e. The van der Waals surface area contributed by atoms with E-state index in [1.165, 1.54) is 18.2 Å². The molecule has 0 radical (unpaired) electrons. The standard InChI is InChI=1S/C61H29F6N7/c62-60(63,64)43-24-40(25-44(28-43)61(65,66)67)48-17-14-45(73-55-7-3-1-5-49(55)53-26-38(12-19-57(53)73)46-15-9-35(30-68)21-41(46)33-71)29-51(48)52-23-37(32-70)11-18-58(52)74-56-8-4-2-6-50(56)54-27-39(13-20-59(54)74)47-16-10-36(31-69)22-42(47)34-72/h1-29H. The number of nitrogens with zero attached hydrogens (tertiary/aromatic N) is 7. The lowest BCUT2D eigenvalue weighted by atomic mass is 9.90. The van der Waals surface area contributed by atoms with E-state index in [0.717, 1.165) is 21.5 Å². The van der Waals surface area contributed by atoms with Gasteiger partial charge in [0.15, 0.2) is 0 Å². The summed E-state index contributed by atoms with van der Waals surface area (Å²) in [6.45, 7) is 0. The van der Waals surface area contributed by atoms with Gasteiger partial charge in [0.2, 0.25) is 0 Å². The molecule has 13 heteroatoms. The largest absolute Gasteiger partial charge is 0.416 e. The van der Waals surface area contributed by atoms with Gasteiger partial charge in [-0.05, 0) is 148 Å². The van der Waals surface area contributed by atoms with E-state index >= 15 is 0 Å². The molecule has 0 unspecified atom stereocenters. The van der Waals surface area contributed by atoms with Gasteiger partial charge in [0, 0.05) is 32.8 Å². The molecule has 74 heavy (non-hydrogen) atoms. The molecule has 0 aliphatic heterocycles. The summed E-state index contributed by atoms with van der Waals surface area (Å²) in [7, 11) is 0. The molecule has 350 valence electrons. The van der Waals surface area contributed by atoms with Gasteiger partial charge in [0.05, 0.1) is 97.0 Å². The number of benzene rings is 9. The van der Waals surface area contributed by atoms with Gasteiger partial charge in [0.25, 0.3) is 0 Å². The van der Waals surface area contributed by atoms with Crippen LogP contribution in [-0.4, -0.2) is 9.13 Å². The number of aromatic nitrogens is 2. The molecule has 0 N–H and O–H groups in total. The summed E-state index contributed by atoms with van der Waals surface area (Å²) < 4.78 is 91.6. The Balaban J connectivity index is 1.21. The summed E-state index contributed by atoms with van der Waals surface area (Å²) in [5, 5.41) is 52.7. The van der Waals surface area contributed by atoms with Crippen molar-refractivity contribution in [3.05, 3.63) is 215 Å². The zero-order valence-corrected chi connectivity index (χ0v) is 38.1. The summed E-state index contributed by atoms with van der Waals surface area (Å²) in [6.07, 6.45) is -10.3. The summed E-state index contributed by atoms with van der Waals surface area (Å²) in [5.41, 5.74) is 4.81. The third kappa shape index (κ3) is 7.69. The normalized spacial score (nSPS) is 11.6. The smallest absolute Gasteiger partial charge is 0.309 e. The Kier molecular flexibility index (Phi) is 10.9. The van der Waals surface area contributed by atoms with Crippen molar-refractivity contribution in [2.24, 2.45) is 0 Å². The minimum atomic E-state index is -5.15.